The number of esters is 1. The predicted molar refractivity (Wildman–Crippen MR) is 107 cm³/mol. The van der Waals surface area contributed by atoms with Gasteiger partial charge < -0.3 is 35.4 Å². The van der Waals surface area contributed by atoms with E-state index in [1.165, 1.54) is 19.2 Å². The Balaban J connectivity index is -0.000000384. The number of carbonyl (C=O) groups is 2. The van der Waals surface area contributed by atoms with Crippen LogP contribution in [0.2, 0.25) is 0 Å². The van der Waals surface area contributed by atoms with Crippen molar-refractivity contribution in [2.75, 3.05) is 14.2 Å². The summed E-state index contributed by atoms with van der Waals surface area (Å²) in [6.07, 6.45) is 0. The molecule has 8 N–H and O–H groups in total. The smallest absolute Gasteiger partial charge is 0.394 e. The van der Waals surface area contributed by atoms with Gasteiger partial charge in [-0.15, -0.1) is 0 Å². The standard InChI is InChI=1S/C8H8O4.C7H6O4.CH4O.CH4.H2O4S/c1-12-8(11)5-2-6(9)4-7(10)3-5;8-5-1-4(7(10)11)2-6(9)3-5;1-2;;1-5(2,3)4/h2-4,9-10H,1H3;1-3,8-9H,(H,10,11);2H,1H3;1H4;(H2,1,2,3,4). The monoisotopic (exact) mass is 468 g/mol. The van der Waals surface area contributed by atoms with Crippen LogP contribution < -0.4 is 0 Å². The van der Waals surface area contributed by atoms with Gasteiger partial charge in [-0.3, -0.25) is 9.11 Å². The summed E-state index contributed by atoms with van der Waals surface area (Å²) in [6, 6.07) is 6.74. The zero-order valence-corrected chi connectivity index (χ0v) is 16.3. The molecule has 0 amide bonds. The topological polar surface area (TPSA) is 239 Å². The number of carboxylic acid groups (broad SMARTS) is 1. The van der Waals surface area contributed by atoms with Gasteiger partial charge in [-0.2, -0.15) is 8.42 Å². The van der Waals surface area contributed by atoms with Crippen LogP contribution in [-0.4, -0.2) is 74.3 Å². The summed E-state index contributed by atoms with van der Waals surface area (Å²) in [7, 11) is -2.44. The second-order valence-electron chi connectivity index (χ2n) is 4.72. The highest BCUT2D eigenvalue weighted by molar-refractivity contribution is 7.79. The Labute approximate surface area is 177 Å². The molecule has 0 saturated heterocycles. The number of rotatable bonds is 2. The molecule has 0 bridgehead atoms. The highest BCUT2D eigenvalue weighted by atomic mass is 32.3. The maximum atomic E-state index is 10.9. The fourth-order valence-electron chi connectivity index (χ4n) is 1.55. The van der Waals surface area contributed by atoms with Crippen LogP contribution >= 0.6 is 0 Å². The van der Waals surface area contributed by atoms with Gasteiger partial charge >= 0.3 is 22.3 Å². The highest BCUT2D eigenvalue weighted by Gasteiger charge is 2.07. The fourth-order valence-corrected chi connectivity index (χ4v) is 1.55. The molecule has 0 fully saturated rings. The number of aliphatic hydroxyl groups excluding tert-OH is 1. The molecule has 0 heterocycles. The Morgan fingerprint density at radius 1 is 0.742 bits per heavy atom. The molecule has 0 aliphatic carbocycles. The van der Waals surface area contributed by atoms with Gasteiger partial charge in [0.05, 0.1) is 18.2 Å². The summed E-state index contributed by atoms with van der Waals surface area (Å²) < 4.78 is 36.0. The van der Waals surface area contributed by atoms with E-state index in [0.29, 0.717) is 0 Å². The Bertz CT molecular complexity index is 891. The van der Waals surface area contributed by atoms with E-state index in [9.17, 15) is 9.59 Å². The van der Waals surface area contributed by atoms with E-state index in [-0.39, 0.29) is 41.6 Å². The molecule has 0 aliphatic rings. The first-order valence-corrected chi connectivity index (χ1v) is 8.65. The number of ether oxygens (including phenoxy) is 1. The van der Waals surface area contributed by atoms with Gasteiger partial charge in [0, 0.05) is 19.2 Å². The van der Waals surface area contributed by atoms with Gasteiger partial charge in [0.2, 0.25) is 0 Å². The molecule has 0 radical (unpaired) electrons. The lowest BCUT2D eigenvalue weighted by Crippen LogP contribution is -2.00. The van der Waals surface area contributed by atoms with Crippen molar-refractivity contribution in [1.82, 2.24) is 0 Å². The van der Waals surface area contributed by atoms with Crippen LogP contribution in [-0.2, 0) is 15.1 Å². The van der Waals surface area contributed by atoms with Gasteiger partial charge in [-0.1, -0.05) is 7.43 Å². The molecular weight excluding hydrogens is 444 g/mol. The molecule has 2 rings (SSSR count). The van der Waals surface area contributed by atoms with Crippen molar-refractivity contribution in [1.29, 1.82) is 0 Å². The molecule has 14 heteroatoms. The van der Waals surface area contributed by atoms with E-state index in [0.717, 1.165) is 31.4 Å². The number of phenolic OH excluding ortho intramolecular Hbond substituents is 4. The summed E-state index contributed by atoms with van der Waals surface area (Å²) in [6.45, 7) is 0. The first kappa shape index (κ1) is 32.1. The van der Waals surface area contributed by atoms with Crippen LogP contribution in [0.1, 0.15) is 28.1 Å². The number of methoxy groups -OCH3 is 1. The number of carboxylic acids is 1. The number of phenols is 4. The first-order chi connectivity index (χ1) is 13.7. The lowest BCUT2D eigenvalue weighted by atomic mass is 10.2. The van der Waals surface area contributed by atoms with E-state index in [2.05, 4.69) is 4.74 Å². The van der Waals surface area contributed by atoms with Gasteiger partial charge in [0.25, 0.3) is 0 Å². The number of aliphatic hydroxyl groups is 1. The third kappa shape index (κ3) is 17.0. The van der Waals surface area contributed by atoms with Crippen molar-refractivity contribution in [3.8, 4) is 23.0 Å². The number of hydrogen-bond acceptors (Lipinski definition) is 10. The van der Waals surface area contributed by atoms with E-state index in [4.69, 9.17) is 48.2 Å². The van der Waals surface area contributed by atoms with Crippen molar-refractivity contribution in [2.24, 2.45) is 0 Å². The Hall–Kier alpha value is -3.59. The van der Waals surface area contributed by atoms with Gasteiger partial charge in [0.1, 0.15) is 23.0 Å². The average molecular weight is 468 g/mol. The largest absolute Gasteiger partial charge is 0.508 e. The number of carbonyl (C=O) groups excluding carboxylic acids is 1. The molecule has 0 aliphatic heterocycles. The van der Waals surface area contributed by atoms with Gasteiger partial charge in [0.15, 0.2) is 0 Å². The molecule has 31 heavy (non-hydrogen) atoms. The molecular formula is C17H24O13S. The number of aromatic carboxylic acids is 1. The summed E-state index contributed by atoms with van der Waals surface area (Å²) in [5.74, 6) is -2.65. The van der Waals surface area contributed by atoms with E-state index in [1.807, 2.05) is 0 Å². The third-order valence-electron chi connectivity index (χ3n) is 2.47. The zero-order valence-electron chi connectivity index (χ0n) is 15.5. The number of aromatic hydroxyl groups is 4. The van der Waals surface area contributed by atoms with Crippen LogP contribution in [0.3, 0.4) is 0 Å². The maximum absolute atomic E-state index is 10.9. The first-order valence-electron chi connectivity index (χ1n) is 7.25. The Kier molecular flexibility index (Phi) is 15.8. The van der Waals surface area contributed by atoms with Gasteiger partial charge in [-0.25, -0.2) is 9.59 Å². The van der Waals surface area contributed by atoms with E-state index in [1.54, 1.807) is 0 Å². The zero-order chi connectivity index (χ0) is 24.1. The van der Waals surface area contributed by atoms with Crippen molar-refractivity contribution in [3.63, 3.8) is 0 Å². The van der Waals surface area contributed by atoms with Crippen LogP contribution in [0.5, 0.6) is 23.0 Å². The molecule has 176 valence electrons. The molecule has 0 aromatic heterocycles. The van der Waals surface area contributed by atoms with Crippen LogP contribution in [0.25, 0.3) is 0 Å². The molecule has 2 aromatic rings. The minimum atomic E-state index is -4.67. The Morgan fingerprint density at radius 3 is 1.23 bits per heavy atom. The Morgan fingerprint density at radius 2 is 1.00 bits per heavy atom. The summed E-state index contributed by atoms with van der Waals surface area (Å²) in [5.41, 5.74) is -0.0162. The van der Waals surface area contributed by atoms with E-state index < -0.39 is 22.3 Å². The molecule has 0 spiro atoms. The van der Waals surface area contributed by atoms with Gasteiger partial charge in [-0.05, 0) is 24.3 Å². The SMILES string of the molecule is C.CO.COC(=O)c1cc(O)cc(O)c1.O=C(O)c1cc(O)cc(O)c1.O=S(=O)(O)O. The fraction of sp³-hybridized carbons (Fsp3) is 0.176. The molecule has 0 atom stereocenters. The molecule has 0 saturated carbocycles. The van der Waals surface area contributed by atoms with Crippen molar-refractivity contribution >= 4 is 22.3 Å². The highest BCUT2D eigenvalue weighted by Crippen LogP contribution is 2.21. The van der Waals surface area contributed by atoms with Crippen molar-refractivity contribution in [2.45, 2.75) is 7.43 Å². The average Bonchev–Trinajstić information content (AvgIpc) is 2.60. The number of hydrogen-bond donors (Lipinski definition) is 8. The lowest BCUT2D eigenvalue weighted by molar-refractivity contribution is 0.0599. The maximum Gasteiger partial charge on any atom is 0.394 e. The molecule has 2 aromatic carbocycles. The minimum absolute atomic E-state index is 0. The minimum Gasteiger partial charge on any atom is -0.508 e. The predicted octanol–water partition coefficient (Wildman–Crippen LogP) is 1.27. The van der Waals surface area contributed by atoms with Crippen molar-refractivity contribution in [3.05, 3.63) is 47.5 Å². The lowest BCUT2D eigenvalue weighted by Gasteiger charge is -2.00. The number of benzene rings is 2. The summed E-state index contributed by atoms with van der Waals surface area (Å²) in [4.78, 5) is 21.2. The van der Waals surface area contributed by atoms with Crippen LogP contribution in [0.4, 0.5) is 0 Å². The third-order valence-corrected chi connectivity index (χ3v) is 2.47. The quantitative estimate of drug-likeness (QED) is 0.229. The summed E-state index contributed by atoms with van der Waals surface area (Å²) >= 11 is 0. The van der Waals surface area contributed by atoms with Crippen molar-refractivity contribution < 1.29 is 62.5 Å². The summed E-state index contributed by atoms with van der Waals surface area (Å²) in [5, 5.41) is 51.0. The van der Waals surface area contributed by atoms with E-state index >= 15 is 0 Å². The second kappa shape index (κ2) is 15.3. The normalized spacial score (nSPS) is 9.06. The van der Waals surface area contributed by atoms with Crippen LogP contribution in [0, 0.1) is 0 Å². The second-order valence-corrected chi connectivity index (χ2v) is 5.62. The molecule has 13 nitrogen and oxygen atoms in total. The van der Waals surface area contributed by atoms with Crippen LogP contribution in [0.15, 0.2) is 36.4 Å². The molecule has 0 unspecified atom stereocenters.